The zero-order chi connectivity index (χ0) is 24.0. The van der Waals surface area contributed by atoms with Gasteiger partial charge >= 0.3 is 0 Å². The highest BCUT2D eigenvalue weighted by atomic mass is 16.5. The number of para-hydroxylation sites is 3. The summed E-state index contributed by atoms with van der Waals surface area (Å²) in [6.45, 7) is 4.25. The van der Waals surface area contributed by atoms with Crippen LogP contribution in [0.4, 0.5) is 5.69 Å². The van der Waals surface area contributed by atoms with Gasteiger partial charge < -0.3 is 19.5 Å². The van der Waals surface area contributed by atoms with Gasteiger partial charge in [0.25, 0.3) is 5.91 Å². The topological polar surface area (TPSA) is 99.0 Å². The maximum absolute atomic E-state index is 13.2. The van der Waals surface area contributed by atoms with Gasteiger partial charge in [0.15, 0.2) is 11.5 Å². The smallest absolute Gasteiger partial charge is 0.261 e. The first-order chi connectivity index (χ1) is 15.9. The molecule has 9 nitrogen and oxygen atoms in total. The highest BCUT2D eigenvalue weighted by Crippen LogP contribution is 2.30. The van der Waals surface area contributed by atoms with Gasteiger partial charge in [-0.25, -0.2) is 4.99 Å². The summed E-state index contributed by atoms with van der Waals surface area (Å²) in [5.41, 5.74) is 3.87. The number of aryl methyl sites for hydroxylation is 2. The number of carbonyl (C=O) groups is 1. The lowest BCUT2D eigenvalue weighted by Crippen LogP contribution is -2.36. The second-order valence-corrected chi connectivity index (χ2v) is 7.26. The molecule has 0 bridgehead atoms. The number of aromatic nitrogens is 2. The van der Waals surface area contributed by atoms with Crippen LogP contribution in [-0.4, -0.2) is 43.0 Å². The first kappa shape index (κ1) is 23.6. The molecule has 0 saturated carbocycles. The van der Waals surface area contributed by atoms with Crippen molar-refractivity contribution in [1.29, 1.82) is 0 Å². The van der Waals surface area contributed by atoms with E-state index in [1.165, 1.54) is 14.2 Å². The molecule has 2 N–H and O–H groups in total. The number of amides is 1. The molecule has 0 saturated heterocycles. The van der Waals surface area contributed by atoms with Crippen LogP contribution in [0.25, 0.3) is 0 Å². The molecule has 0 aliphatic carbocycles. The number of nitrogens with zero attached hydrogens (tertiary/aromatic N) is 3. The standard InChI is InChI=1S/C24H29N5O4/c1-15-18(16(2)29(3)28-15)14-25-24(26-19-11-7-8-12-20(19)31-4)27-23(30)17-10-9-13-21(32-5)22(17)33-6/h7-13H,14H2,1-6H3,(H2,25,26,27,30). The zero-order valence-electron chi connectivity index (χ0n) is 19.7. The average Bonchev–Trinajstić information content (AvgIpc) is 3.07. The fourth-order valence-corrected chi connectivity index (χ4v) is 3.43. The highest BCUT2D eigenvalue weighted by molar-refractivity contribution is 6.11. The molecule has 9 heteroatoms. The Hall–Kier alpha value is -4.01. The molecule has 1 amide bonds. The Labute approximate surface area is 193 Å². The van der Waals surface area contributed by atoms with Crippen LogP contribution >= 0.6 is 0 Å². The predicted octanol–water partition coefficient (Wildman–Crippen LogP) is 3.46. The van der Waals surface area contributed by atoms with E-state index in [1.54, 1.807) is 25.3 Å². The van der Waals surface area contributed by atoms with Crippen LogP contribution in [0, 0.1) is 13.8 Å². The number of anilines is 1. The van der Waals surface area contributed by atoms with Gasteiger partial charge in [0, 0.05) is 18.3 Å². The van der Waals surface area contributed by atoms with E-state index in [-0.39, 0.29) is 5.96 Å². The van der Waals surface area contributed by atoms with Crippen molar-refractivity contribution in [2.45, 2.75) is 20.4 Å². The quantitative estimate of drug-likeness (QED) is 0.422. The number of nitrogens with one attached hydrogen (secondary N) is 2. The van der Waals surface area contributed by atoms with Gasteiger partial charge in [-0.15, -0.1) is 0 Å². The Morgan fingerprint density at radius 3 is 2.33 bits per heavy atom. The van der Waals surface area contributed by atoms with Gasteiger partial charge in [0.05, 0.1) is 44.8 Å². The van der Waals surface area contributed by atoms with Crippen LogP contribution in [0.5, 0.6) is 17.2 Å². The summed E-state index contributed by atoms with van der Waals surface area (Å²) < 4.78 is 18.0. The maximum Gasteiger partial charge on any atom is 0.261 e. The SMILES string of the molecule is COc1ccccc1NC(=NCc1c(C)nn(C)c1C)NC(=O)c1cccc(OC)c1OC. The number of ether oxygens (including phenoxy) is 3. The number of guanidine groups is 1. The molecule has 0 spiro atoms. The predicted molar refractivity (Wildman–Crippen MR) is 127 cm³/mol. The van der Waals surface area contributed by atoms with Gasteiger partial charge in [-0.05, 0) is 38.1 Å². The third-order valence-electron chi connectivity index (χ3n) is 5.29. The van der Waals surface area contributed by atoms with E-state index >= 15 is 0 Å². The van der Waals surface area contributed by atoms with Crippen LogP contribution < -0.4 is 24.8 Å². The first-order valence-electron chi connectivity index (χ1n) is 10.4. The molecule has 0 atom stereocenters. The van der Waals surface area contributed by atoms with Crippen molar-refractivity contribution in [2.75, 3.05) is 26.6 Å². The normalized spacial score (nSPS) is 11.2. The minimum absolute atomic E-state index is 0.261. The molecule has 174 valence electrons. The molecule has 0 unspecified atom stereocenters. The zero-order valence-corrected chi connectivity index (χ0v) is 19.7. The molecule has 3 aromatic rings. The van der Waals surface area contributed by atoms with Gasteiger partial charge in [-0.3, -0.25) is 14.8 Å². The third-order valence-corrected chi connectivity index (χ3v) is 5.29. The van der Waals surface area contributed by atoms with E-state index in [9.17, 15) is 4.79 Å². The number of aliphatic imine (C=N–C) groups is 1. The molecule has 33 heavy (non-hydrogen) atoms. The second kappa shape index (κ2) is 10.5. The van der Waals surface area contributed by atoms with Crippen LogP contribution in [-0.2, 0) is 13.6 Å². The Kier molecular flexibility index (Phi) is 7.55. The number of carbonyl (C=O) groups excluding carboxylic acids is 1. The van der Waals surface area contributed by atoms with E-state index in [0.29, 0.717) is 35.0 Å². The van der Waals surface area contributed by atoms with E-state index in [0.717, 1.165) is 17.0 Å². The Morgan fingerprint density at radius 1 is 1.00 bits per heavy atom. The van der Waals surface area contributed by atoms with Crippen LogP contribution in [0.1, 0.15) is 27.3 Å². The summed E-state index contributed by atoms with van der Waals surface area (Å²) in [6, 6.07) is 12.5. The van der Waals surface area contributed by atoms with Crippen molar-refractivity contribution in [2.24, 2.45) is 12.0 Å². The van der Waals surface area contributed by atoms with E-state index in [4.69, 9.17) is 14.2 Å². The summed E-state index contributed by atoms with van der Waals surface area (Å²) in [5.74, 6) is 1.28. The Bertz CT molecular complexity index is 1170. The van der Waals surface area contributed by atoms with Gasteiger partial charge in [0.2, 0.25) is 5.96 Å². The molecule has 1 heterocycles. The lowest BCUT2D eigenvalue weighted by Gasteiger charge is -2.16. The van der Waals surface area contributed by atoms with Gasteiger partial charge in [-0.1, -0.05) is 18.2 Å². The summed E-state index contributed by atoms with van der Waals surface area (Å²) in [7, 11) is 6.48. The van der Waals surface area contributed by atoms with Gasteiger partial charge in [0.1, 0.15) is 5.75 Å². The van der Waals surface area contributed by atoms with Crippen LogP contribution in [0.3, 0.4) is 0 Å². The van der Waals surface area contributed by atoms with E-state index in [1.807, 2.05) is 49.8 Å². The van der Waals surface area contributed by atoms with Crippen LogP contribution in [0.2, 0.25) is 0 Å². The summed E-state index contributed by atoms with van der Waals surface area (Å²) >= 11 is 0. The molecule has 2 aromatic carbocycles. The fourth-order valence-electron chi connectivity index (χ4n) is 3.43. The molecule has 0 fully saturated rings. The number of rotatable bonds is 7. The minimum Gasteiger partial charge on any atom is -0.495 e. The first-order valence-corrected chi connectivity index (χ1v) is 10.4. The molecular formula is C24H29N5O4. The van der Waals surface area contributed by atoms with Crippen molar-refractivity contribution in [3.63, 3.8) is 0 Å². The van der Waals surface area contributed by atoms with Crippen molar-refractivity contribution < 1.29 is 19.0 Å². The number of benzene rings is 2. The molecule has 3 rings (SSSR count). The van der Waals surface area contributed by atoms with Crippen molar-refractivity contribution >= 4 is 17.6 Å². The maximum atomic E-state index is 13.2. The molecule has 1 aromatic heterocycles. The van der Waals surface area contributed by atoms with Crippen LogP contribution in [0.15, 0.2) is 47.5 Å². The summed E-state index contributed by atoms with van der Waals surface area (Å²) in [5, 5.41) is 10.5. The van der Waals surface area contributed by atoms with Gasteiger partial charge in [-0.2, -0.15) is 5.10 Å². The summed E-state index contributed by atoms with van der Waals surface area (Å²) in [6.07, 6.45) is 0. The largest absolute Gasteiger partial charge is 0.495 e. The van der Waals surface area contributed by atoms with Crippen molar-refractivity contribution in [3.8, 4) is 17.2 Å². The fraction of sp³-hybridized carbons (Fsp3) is 0.292. The van der Waals surface area contributed by atoms with E-state index in [2.05, 4.69) is 20.7 Å². The molecule has 0 aliphatic heterocycles. The summed E-state index contributed by atoms with van der Waals surface area (Å²) in [4.78, 5) is 17.8. The average molecular weight is 452 g/mol. The minimum atomic E-state index is -0.397. The molecule has 0 aliphatic rings. The Balaban J connectivity index is 1.95. The lowest BCUT2D eigenvalue weighted by atomic mass is 10.1. The van der Waals surface area contributed by atoms with Crippen molar-refractivity contribution in [3.05, 3.63) is 65.0 Å². The van der Waals surface area contributed by atoms with Crippen molar-refractivity contribution in [1.82, 2.24) is 15.1 Å². The number of hydrogen-bond donors (Lipinski definition) is 2. The molecular weight excluding hydrogens is 422 g/mol. The lowest BCUT2D eigenvalue weighted by molar-refractivity contribution is 0.0973. The van der Waals surface area contributed by atoms with E-state index < -0.39 is 5.91 Å². The number of methoxy groups -OCH3 is 3. The second-order valence-electron chi connectivity index (χ2n) is 7.26. The monoisotopic (exact) mass is 451 g/mol. The number of hydrogen-bond acceptors (Lipinski definition) is 6. The Morgan fingerprint density at radius 2 is 1.70 bits per heavy atom. The highest BCUT2D eigenvalue weighted by Gasteiger charge is 2.19. The molecule has 0 radical (unpaired) electrons. The third kappa shape index (κ3) is 5.25.